The molecule has 0 saturated heterocycles. The van der Waals surface area contributed by atoms with Crippen molar-refractivity contribution in [1.82, 2.24) is 15.1 Å². The lowest BCUT2D eigenvalue weighted by Crippen LogP contribution is -2.28. The van der Waals surface area contributed by atoms with Gasteiger partial charge in [-0.3, -0.25) is 4.79 Å². The Morgan fingerprint density at radius 1 is 1.03 bits per heavy atom. The Labute approximate surface area is 196 Å². The lowest BCUT2D eigenvalue weighted by atomic mass is 9.99. The van der Waals surface area contributed by atoms with E-state index in [0.717, 1.165) is 29.1 Å². The molecule has 13 heteroatoms. The van der Waals surface area contributed by atoms with E-state index in [1.54, 1.807) is 0 Å². The second kappa shape index (κ2) is 9.72. The molecule has 1 amide bonds. The summed E-state index contributed by atoms with van der Waals surface area (Å²) in [5.41, 5.74) is -1.52. The summed E-state index contributed by atoms with van der Waals surface area (Å²) in [4.78, 5) is 12.6. The fraction of sp³-hybridized carbons (Fsp3) is 0.273. The summed E-state index contributed by atoms with van der Waals surface area (Å²) in [5.74, 6) is -5.45. The molecule has 1 heterocycles. The van der Waals surface area contributed by atoms with Gasteiger partial charge in [-0.15, -0.1) is 0 Å². The molecule has 1 unspecified atom stereocenters. The number of carbonyl (C=O) groups is 1. The maximum atomic E-state index is 14.3. The Morgan fingerprint density at radius 3 is 2.29 bits per heavy atom. The maximum absolute atomic E-state index is 14.3. The minimum atomic E-state index is -4.83. The van der Waals surface area contributed by atoms with E-state index in [-0.39, 0.29) is 22.5 Å². The van der Waals surface area contributed by atoms with Gasteiger partial charge in [-0.1, -0.05) is 12.1 Å². The first-order valence-electron chi connectivity index (χ1n) is 10.0. The first kappa shape index (κ1) is 26.3. The molecular weight excluding hydrogens is 500 g/mol. The molecule has 0 fully saturated rings. The van der Waals surface area contributed by atoms with Crippen molar-refractivity contribution in [1.29, 1.82) is 0 Å². The number of aromatic nitrogens is 2. The van der Waals surface area contributed by atoms with E-state index < -0.39 is 63.3 Å². The van der Waals surface area contributed by atoms with Crippen LogP contribution in [0.25, 0.3) is 5.69 Å². The van der Waals surface area contributed by atoms with Crippen LogP contribution in [-0.2, 0) is 33.1 Å². The van der Waals surface area contributed by atoms with Gasteiger partial charge >= 0.3 is 6.18 Å². The number of amides is 1. The third-order valence-corrected chi connectivity index (χ3v) is 5.89. The van der Waals surface area contributed by atoms with Crippen molar-refractivity contribution in [2.45, 2.75) is 31.3 Å². The van der Waals surface area contributed by atoms with Gasteiger partial charge in [0.2, 0.25) is 5.91 Å². The number of rotatable bonds is 7. The van der Waals surface area contributed by atoms with Gasteiger partial charge in [0.25, 0.3) is 0 Å². The van der Waals surface area contributed by atoms with E-state index in [2.05, 4.69) is 10.4 Å². The van der Waals surface area contributed by atoms with E-state index in [4.69, 9.17) is 0 Å². The second-order valence-electron chi connectivity index (χ2n) is 7.89. The number of alkyl halides is 3. The van der Waals surface area contributed by atoms with Crippen molar-refractivity contribution in [3.05, 3.63) is 82.4 Å². The van der Waals surface area contributed by atoms with E-state index in [1.807, 2.05) is 0 Å². The standard InChI is InChI=1S/C22H19F6N3O3S/c1-12(13-3-4-14(18(24)7-13)11-35(2,33)34)21(32)29-10-16-9-20(22(26,27)28)30-31(16)15-5-6-17(23)19(25)8-15/h3-9,12H,10-11H2,1-2H3,(H,29,32). The molecule has 0 aliphatic rings. The van der Waals surface area contributed by atoms with Crippen molar-refractivity contribution in [3.8, 4) is 5.69 Å². The largest absolute Gasteiger partial charge is 0.435 e. The number of hydrogen-bond donors (Lipinski definition) is 1. The number of halogens is 6. The molecule has 1 atom stereocenters. The van der Waals surface area contributed by atoms with Crippen LogP contribution in [0.15, 0.2) is 42.5 Å². The predicted octanol–water partition coefficient (Wildman–Crippen LogP) is 4.27. The van der Waals surface area contributed by atoms with Crippen molar-refractivity contribution in [2.75, 3.05) is 6.26 Å². The third-order valence-electron chi connectivity index (χ3n) is 5.05. The molecule has 0 aliphatic carbocycles. The Balaban J connectivity index is 1.82. The Bertz CT molecular complexity index is 1370. The van der Waals surface area contributed by atoms with Crippen LogP contribution in [0.1, 0.15) is 35.4 Å². The van der Waals surface area contributed by atoms with Gasteiger partial charge < -0.3 is 5.32 Å². The van der Waals surface area contributed by atoms with Crippen molar-refractivity contribution in [2.24, 2.45) is 0 Å². The zero-order valence-corrected chi connectivity index (χ0v) is 19.1. The summed E-state index contributed by atoms with van der Waals surface area (Å²) in [6, 6.07) is 6.71. The third kappa shape index (κ3) is 6.41. The minimum Gasteiger partial charge on any atom is -0.350 e. The summed E-state index contributed by atoms with van der Waals surface area (Å²) in [7, 11) is -3.48. The van der Waals surface area contributed by atoms with Crippen LogP contribution < -0.4 is 5.32 Å². The molecule has 0 radical (unpaired) electrons. The number of carbonyl (C=O) groups excluding carboxylic acids is 1. The molecule has 6 nitrogen and oxygen atoms in total. The number of nitrogens with one attached hydrogen (secondary N) is 1. The van der Waals surface area contributed by atoms with E-state index in [9.17, 15) is 39.6 Å². The number of benzene rings is 2. The van der Waals surface area contributed by atoms with E-state index >= 15 is 0 Å². The normalized spacial score (nSPS) is 13.0. The highest BCUT2D eigenvalue weighted by atomic mass is 32.2. The summed E-state index contributed by atoms with van der Waals surface area (Å²) in [5, 5.41) is 5.82. The highest BCUT2D eigenvalue weighted by molar-refractivity contribution is 7.89. The molecule has 35 heavy (non-hydrogen) atoms. The number of hydrogen-bond acceptors (Lipinski definition) is 4. The van der Waals surface area contributed by atoms with Crippen LogP contribution in [-0.4, -0.2) is 30.4 Å². The monoisotopic (exact) mass is 519 g/mol. The molecule has 3 aromatic rings. The van der Waals surface area contributed by atoms with Crippen LogP contribution in [0.2, 0.25) is 0 Å². The Kier molecular flexibility index (Phi) is 7.29. The van der Waals surface area contributed by atoms with Crippen LogP contribution in [0.4, 0.5) is 26.3 Å². The van der Waals surface area contributed by atoms with Gasteiger partial charge in [0.15, 0.2) is 27.2 Å². The molecule has 2 aromatic carbocycles. The number of nitrogens with zero attached hydrogens (tertiary/aromatic N) is 2. The van der Waals surface area contributed by atoms with Crippen LogP contribution >= 0.6 is 0 Å². The van der Waals surface area contributed by atoms with Gasteiger partial charge in [-0.2, -0.15) is 18.3 Å². The molecule has 1 N–H and O–H groups in total. The molecule has 188 valence electrons. The quantitative estimate of drug-likeness (QED) is 0.473. The molecule has 1 aromatic heterocycles. The van der Waals surface area contributed by atoms with Crippen molar-refractivity contribution >= 4 is 15.7 Å². The fourth-order valence-corrected chi connectivity index (χ4v) is 4.04. The SMILES string of the molecule is CC(C(=O)NCc1cc(C(F)(F)F)nn1-c1ccc(F)c(F)c1)c1ccc(CS(C)(=O)=O)c(F)c1. The summed E-state index contributed by atoms with van der Waals surface area (Å²) in [6.07, 6.45) is -3.88. The molecule has 0 spiro atoms. The average molecular weight is 519 g/mol. The van der Waals surface area contributed by atoms with Crippen molar-refractivity contribution < 1.29 is 39.6 Å². The fourth-order valence-electron chi connectivity index (χ4n) is 3.24. The Hall–Kier alpha value is -3.35. The topological polar surface area (TPSA) is 81.1 Å². The molecular formula is C22H19F6N3O3S. The van der Waals surface area contributed by atoms with Crippen LogP contribution in [0, 0.1) is 17.5 Å². The van der Waals surface area contributed by atoms with Gasteiger partial charge in [-0.05, 0) is 36.8 Å². The molecule has 0 aliphatic heterocycles. The second-order valence-corrected chi connectivity index (χ2v) is 10.0. The van der Waals surface area contributed by atoms with Gasteiger partial charge in [-0.25, -0.2) is 26.3 Å². The Morgan fingerprint density at radius 2 is 1.71 bits per heavy atom. The van der Waals surface area contributed by atoms with E-state index in [1.165, 1.54) is 19.1 Å². The number of sulfone groups is 1. The predicted molar refractivity (Wildman–Crippen MR) is 114 cm³/mol. The summed E-state index contributed by atoms with van der Waals surface area (Å²) in [6.45, 7) is 0.966. The lowest BCUT2D eigenvalue weighted by molar-refractivity contribution is -0.141. The molecule has 0 bridgehead atoms. The van der Waals surface area contributed by atoms with E-state index in [0.29, 0.717) is 12.1 Å². The van der Waals surface area contributed by atoms with Gasteiger partial charge in [0.05, 0.1) is 29.6 Å². The molecule has 3 rings (SSSR count). The first-order valence-corrected chi connectivity index (χ1v) is 12.1. The zero-order valence-electron chi connectivity index (χ0n) is 18.3. The highest BCUT2D eigenvalue weighted by Crippen LogP contribution is 2.30. The molecule has 0 saturated carbocycles. The van der Waals surface area contributed by atoms with Gasteiger partial charge in [0.1, 0.15) is 5.82 Å². The van der Waals surface area contributed by atoms with Gasteiger partial charge in [0, 0.05) is 17.9 Å². The van der Waals surface area contributed by atoms with Crippen molar-refractivity contribution in [3.63, 3.8) is 0 Å². The zero-order chi connectivity index (χ0) is 26.1. The highest BCUT2D eigenvalue weighted by Gasteiger charge is 2.35. The maximum Gasteiger partial charge on any atom is 0.435 e. The first-order chi connectivity index (χ1) is 16.2. The van der Waals surface area contributed by atoms with Crippen LogP contribution in [0.5, 0.6) is 0 Å². The average Bonchev–Trinajstić information content (AvgIpc) is 3.19. The van der Waals surface area contributed by atoms with Crippen LogP contribution in [0.3, 0.4) is 0 Å². The lowest BCUT2D eigenvalue weighted by Gasteiger charge is -2.14. The summed E-state index contributed by atoms with van der Waals surface area (Å²) >= 11 is 0. The minimum absolute atomic E-state index is 0.0704. The smallest absolute Gasteiger partial charge is 0.350 e. The summed E-state index contributed by atoms with van der Waals surface area (Å²) < 4.78 is 104.